The molecule has 0 aromatic rings. The first-order valence-electron chi connectivity index (χ1n) is 7.41. The molecule has 2 fully saturated rings. The molecule has 136 valence electrons. The molecule has 0 spiro atoms. The van der Waals surface area contributed by atoms with Crippen LogP contribution in [0, 0.1) is 0 Å². The molecule has 1 saturated carbocycles. The maximum Gasteiger partial charge on any atom is 0.470 e. The van der Waals surface area contributed by atoms with Gasteiger partial charge in [-0.1, -0.05) is 0 Å². The van der Waals surface area contributed by atoms with Gasteiger partial charge in [0.15, 0.2) is 5.79 Å². The molecule has 10 heteroatoms. The second-order valence-corrected chi connectivity index (χ2v) is 7.66. The molecule has 3 N–H and O–H groups in total. The first-order chi connectivity index (χ1) is 10.4. The number of rotatable bonds is 5. The maximum atomic E-state index is 11.3. The summed E-state index contributed by atoms with van der Waals surface area (Å²) in [6.07, 6.45) is -6.11. The summed E-state index contributed by atoms with van der Waals surface area (Å²) in [6, 6.07) is 0. The molecule has 0 bridgehead atoms. The molecule has 2 aliphatic rings. The highest BCUT2D eigenvalue weighted by molar-refractivity contribution is 7.46. The van der Waals surface area contributed by atoms with Gasteiger partial charge in [0.05, 0.1) is 6.10 Å². The van der Waals surface area contributed by atoms with Crippen molar-refractivity contribution in [2.75, 3.05) is 7.11 Å². The smallest absolute Gasteiger partial charge is 0.387 e. The van der Waals surface area contributed by atoms with Gasteiger partial charge in [-0.2, -0.15) is 0 Å². The Kier molecular flexibility index (Phi) is 5.58. The van der Waals surface area contributed by atoms with Crippen LogP contribution in [-0.4, -0.2) is 70.5 Å². The zero-order chi connectivity index (χ0) is 17.6. The lowest BCUT2D eigenvalue weighted by molar-refractivity contribution is -0.218. The van der Waals surface area contributed by atoms with E-state index in [1.807, 2.05) is 0 Å². The second kappa shape index (κ2) is 6.67. The number of hydrogen-bond donors (Lipinski definition) is 3. The van der Waals surface area contributed by atoms with Crippen molar-refractivity contribution in [2.45, 2.75) is 76.2 Å². The Balaban J connectivity index is 2.36. The van der Waals surface area contributed by atoms with Gasteiger partial charge in [0.1, 0.15) is 36.6 Å². The molecule has 6 unspecified atom stereocenters. The van der Waals surface area contributed by atoms with Crippen molar-refractivity contribution < 1.29 is 42.9 Å². The summed E-state index contributed by atoms with van der Waals surface area (Å²) in [5, 5.41) is 10.6. The number of aliphatic hydroxyl groups excluding tert-OH is 1. The Morgan fingerprint density at radius 2 is 1.65 bits per heavy atom. The first-order valence-corrected chi connectivity index (χ1v) is 8.94. The van der Waals surface area contributed by atoms with Crippen molar-refractivity contribution in [3.63, 3.8) is 0 Å². The summed E-state index contributed by atoms with van der Waals surface area (Å²) in [5.41, 5.74) is 0. The van der Waals surface area contributed by atoms with E-state index in [-0.39, 0.29) is 6.10 Å². The van der Waals surface area contributed by atoms with Crippen LogP contribution in [0.25, 0.3) is 0 Å². The zero-order valence-electron chi connectivity index (χ0n) is 13.8. The fourth-order valence-electron chi connectivity index (χ4n) is 3.11. The number of aliphatic hydroxyl groups is 1. The number of hydrogen-bond acceptors (Lipinski definition) is 7. The van der Waals surface area contributed by atoms with E-state index in [0.29, 0.717) is 0 Å². The lowest BCUT2D eigenvalue weighted by Crippen LogP contribution is -2.64. The van der Waals surface area contributed by atoms with Crippen molar-refractivity contribution in [1.29, 1.82) is 0 Å². The minimum absolute atomic E-state index is 0.304. The summed E-state index contributed by atoms with van der Waals surface area (Å²) < 4.78 is 38.6. The number of methoxy groups -OCH3 is 1. The largest absolute Gasteiger partial charge is 0.470 e. The molecular formula is C13H25O9P. The predicted molar refractivity (Wildman–Crippen MR) is 77.6 cm³/mol. The summed E-state index contributed by atoms with van der Waals surface area (Å²) >= 11 is 0. The highest BCUT2D eigenvalue weighted by Crippen LogP contribution is 2.46. The Morgan fingerprint density at radius 3 is 2.13 bits per heavy atom. The molecule has 0 aromatic carbocycles. The Bertz CT molecular complexity index is 462. The summed E-state index contributed by atoms with van der Waals surface area (Å²) in [4.78, 5) is 18.4. The van der Waals surface area contributed by atoms with Gasteiger partial charge in [-0.3, -0.25) is 4.52 Å². The molecule has 1 saturated heterocycles. The van der Waals surface area contributed by atoms with Crippen molar-refractivity contribution in [3.05, 3.63) is 0 Å². The quantitative estimate of drug-likeness (QED) is 0.591. The summed E-state index contributed by atoms with van der Waals surface area (Å²) in [5.74, 6) is -0.966. The van der Waals surface area contributed by atoms with Crippen LogP contribution in [0.3, 0.4) is 0 Å². The minimum atomic E-state index is -4.83. The molecule has 1 heterocycles. The Morgan fingerprint density at radius 1 is 1.09 bits per heavy atom. The van der Waals surface area contributed by atoms with E-state index in [4.69, 9.17) is 23.5 Å². The van der Waals surface area contributed by atoms with Crippen LogP contribution in [0.15, 0.2) is 0 Å². The van der Waals surface area contributed by atoms with Crippen LogP contribution < -0.4 is 0 Å². The minimum Gasteiger partial charge on any atom is -0.387 e. The van der Waals surface area contributed by atoms with Crippen molar-refractivity contribution in [1.82, 2.24) is 0 Å². The highest BCUT2D eigenvalue weighted by Gasteiger charge is 2.60. The molecule has 23 heavy (non-hydrogen) atoms. The third-order valence-electron chi connectivity index (χ3n) is 3.77. The van der Waals surface area contributed by atoms with E-state index >= 15 is 0 Å². The van der Waals surface area contributed by atoms with Crippen LogP contribution in [0.5, 0.6) is 0 Å². The molecule has 1 aliphatic heterocycles. The van der Waals surface area contributed by atoms with E-state index in [2.05, 4.69) is 0 Å². The van der Waals surface area contributed by atoms with Crippen molar-refractivity contribution in [2.24, 2.45) is 0 Å². The van der Waals surface area contributed by atoms with E-state index in [0.717, 1.165) is 0 Å². The average Bonchev–Trinajstić information content (AvgIpc) is 2.68. The molecule has 9 nitrogen and oxygen atoms in total. The lowest BCUT2D eigenvalue weighted by Gasteiger charge is -2.44. The van der Waals surface area contributed by atoms with E-state index in [9.17, 15) is 19.5 Å². The molecule has 6 atom stereocenters. The molecule has 0 aromatic heterocycles. The monoisotopic (exact) mass is 356 g/mol. The lowest BCUT2D eigenvalue weighted by atomic mass is 9.84. The maximum absolute atomic E-state index is 11.3. The van der Waals surface area contributed by atoms with Gasteiger partial charge < -0.3 is 33.8 Å². The first kappa shape index (κ1) is 19.2. The second-order valence-electron chi connectivity index (χ2n) is 6.47. The molecular weight excluding hydrogens is 331 g/mol. The van der Waals surface area contributed by atoms with Crippen molar-refractivity contribution >= 4 is 7.82 Å². The zero-order valence-corrected chi connectivity index (χ0v) is 14.7. The van der Waals surface area contributed by atoms with Crippen LogP contribution >= 0.6 is 7.82 Å². The standard InChI is InChI=1S/C13H25O9P/c1-6(2)19-8-7(14)9-11(21-13(3,4)20-9)10(18-5)12(8)22-23(15,16)17/h6-12,14H,1-5H3,(H2,15,16,17). The predicted octanol–water partition coefficient (Wildman–Crippen LogP) is 0.167. The van der Waals surface area contributed by atoms with Crippen LogP contribution in [0.4, 0.5) is 0 Å². The normalized spacial score (nSPS) is 40.4. The van der Waals surface area contributed by atoms with Crippen LogP contribution in [0.2, 0.25) is 0 Å². The Hall–Kier alpha value is -0.0900. The highest BCUT2D eigenvalue weighted by atomic mass is 31.2. The number of fused-ring (bicyclic) bond motifs is 1. The number of phosphoric ester groups is 1. The third kappa shape index (κ3) is 4.31. The van der Waals surface area contributed by atoms with Gasteiger partial charge in [-0.05, 0) is 27.7 Å². The SMILES string of the molecule is COC1C2OC(C)(C)OC2C(O)C(OC(C)C)C1OP(=O)(O)O. The van der Waals surface area contributed by atoms with E-state index in [1.165, 1.54) is 7.11 Å². The van der Waals surface area contributed by atoms with Crippen LogP contribution in [-0.2, 0) is 28.0 Å². The molecule has 0 amide bonds. The fourth-order valence-corrected chi connectivity index (χ4v) is 3.67. The summed E-state index contributed by atoms with van der Waals surface area (Å²) in [6.45, 7) is 6.85. The van der Waals surface area contributed by atoms with Gasteiger partial charge in [0, 0.05) is 7.11 Å². The topological polar surface area (TPSA) is 124 Å². The van der Waals surface area contributed by atoms with Crippen molar-refractivity contribution in [3.8, 4) is 0 Å². The number of phosphoric acid groups is 1. The molecule has 1 aliphatic carbocycles. The van der Waals surface area contributed by atoms with E-state index < -0.39 is 50.2 Å². The third-order valence-corrected chi connectivity index (χ3v) is 4.29. The molecule has 0 radical (unpaired) electrons. The van der Waals surface area contributed by atoms with Gasteiger partial charge in [0.2, 0.25) is 0 Å². The fraction of sp³-hybridized carbons (Fsp3) is 1.00. The average molecular weight is 356 g/mol. The molecule has 2 rings (SSSR count). The number of ether oxygens (including phenoxy) is 4. The van der Waals surface area contributed by atoms with Gasteiger partial charge in [-0.15, -0.1) is 0 Å². The van der Waals surface area contributed by atoms with E-state index in [1.54, 1.807) is 27.7 Å². The summed E-state index contributed by atoms with van der Waals surface area (Å²) in [7, 11) is -3.46. The van der Waals surface area contributed by atoms with Gasteiger partial charge >= 0.3 is 7.82 Å². The Labute approximate surface area is 135 Å². The van der Waals surface area contributed by atoms with Gasteiger partial charge in [0.25, 0.3) is 0 Å². The van der Waals surface area contributed by atoms with Crippen LogP contribution in [0.1, 0.15) is 27.7 Å². The van der Waals surface area contributed by atoms with Gasteiger partial charge in [-0.25, -0.2) is 4.57 Å².